The van der Waals surface area contributed by atoms with E-state index in [1.807, 2.05) is 26.0 Å². The molecule has 0 bridgehead atoms. The van der Waals surface area contributed by atoms with Gasteiger partial charge in [-0.15, -0.1) is 0 Å². The van der Waals surface area contributed by atoms with Crippen molar-refractivity contribution in [3.8, 4) is 11.5 Å². The molecule has 0 aliphatic carbocycles. The summed E-state index contributed by atoms with van der Waals surface area (Å²) >= 11 is 0. The molecule has 6 nitrogen and oxygen atoms in total. The van der Waals surface area contributed by atoms with Gasteiger partial charge >= 0.3 is 5.63 Å². The number of benzene rings is 1. The summed E-state index contributed by atoms with van der Waals surface area (Å²) in [4.78, 5) is 26.5. The number of fused-ring (bicyclic) bond motifs is 1. The zero-order chi connectivity index (χ0) is 18.0. The van der Waals surface area contributed by atoms with E-state index < -0.39 is 0 Å². The molecule has 25 heavy (non-hydrogen) atoms. The quantitative estimate of drug-likeness (QED) is 0.722. The maximum absolute atomic E-state index is 11.8. The number of rotatable bonds is 5. The normalized spacial score (nSPS) is 10.8. The Balaban J connectivity index is 1.99. The maximum atomic E-state index is 11.8. The predicted molar refractivity (Wildman–Crippen MR) is 94.5 cm³/mol. The lowest BCUT2D eigenvalue weighted by molar-refractivity contribution is 0.303. The van der Waals surface area contributed by atoms with Gasteiger partial charge in [0.25, 0.3) is 0 Å². The van der Waals surface area contributed by atoms with Crippen LogP contribution in [-0.4, -0.2) is 12.1 Å². The number of H-pyrrole nitrogens is 1. The molecule has 0 aliphatic heterocycles. The molecule has 0 radical (unpaired) electrons. The zero-order valence-corrected chi connectivity index (χ0v) is 14.3. The van der Waals surface area contributed by atoms with Crippen LogP contribution < -0.4 is 20.5 Å². The Morgan fingerprint density at radius 1 is 1.12 bits per heavy atom. The van der Waals surface area contributed by atoms with Gasteiger partial charge in [0.1, 0.15) is 17.9 Å². The van der Waals surface area contributed by atoms with Crippen molar-refractivity contribution in [3.63, 3.8) is 0 Å². The first kappa shape index (κ1) is 16.8. The van der Waals surface area contributed by atoms with E-state index in [1.165, 1.54) is 25.4 Å². The van der Waals surface area contributed by atoms with E-state index in [9.17, 15) is 9.59 Å². The number of nitrogens with one attached hydrogen (secondary N) is 1. The highest BCUT2D eigenvalue weighted by Gasteiger charge is 2.12. The van der Waals surface area contributed by atoms with Crippen LogP contribution >= 0.6 is 0 Å². The summed E-state index contributed by atoms with van der Waals surface area (Å²) in [5.74, 6) is 0.868. The van der Waals surface area contributed by atoms with Crippen molar-refractivity contribution in [2.45, 2.75) is 26.9 Å². The van der Waals surface area contributed by atoms with Crippen molar-refractivity contribution >= 4 is 11.0 Å². The summed E-state index contributed by atoms with van der Waals surface area (Å²) in [7, 11) is 1.44. The monoisotopic (exact) mass is 341 g/mol. The molecule has 0 unspecified atom stereocenters. The molecular formula is C19H19NO5. The van der Waals surface area contributed by atoms with E-state index in [0.29, 0.717) is 23.4 Å². The van der Waals surface area contributed by atoms with Crippen LogP contribution in [0.1, 0.15) is 23.7 Å². The van der Waals surface area contributed by atoms with Crippen LogP contribution in [0.15, 0.2) is 44.5 Å². The third-order valence-corrected chi connectivity index (χ3v) is 3.95. The van der Waals surface area contributed by atoms with Crippen molar-refractivity contribution in [3.05, 3.63) is 67.9 Å². The SMILES string of the molecule is CCc1cc(=O)oc2cc(C)cc(OCc3cc(=O)c(OC)c[nH]3)c12. The fourth-order valence-corrected chi connectivity index (χ4v) is 2.76. The van der Waals surface area contributed by atoms with Crippen molar-refractivity contribution < 1.29 is 13.9 Å². The van der Waals surface area contributed by atoms with Crippen LogP contribution in [-0.2, 0) is 13.0 Å². The van der Waals surface area contributed by atoms with Gasteiger partial charge < -0.3 is 18.9 Å². The van der Waals surface area contributed by atoms with E-state index in [1.54, 1.807) is 0 Å². The van der Waals surface area contributed by atoms with Gasteiger partial charge in [-0.2, -0.15) is 0 Å². The fraction of sp³-hybridized carbons (Fsp3) is 0.263. The zero-order valence-electron chi connectivity index (χ0n) is 14.3. The van der Waals surface area contributed by atoms with E-state index in [4.69, 9.17) is 13.9 Å². The standard InChI is InChI=1S/C19H19NO5/c1-4-12-7-18(22)25-16-6-11(2)5-15(19(12)16)24-10-13-8-14(21)17(23-3)9-20-13/h5-9H,4,10H2,1-3H3,(H,20,21). The molecule has 130 valence electrons. The first-order chi connectivity index (χ1) is 12.0. The Labute approximate surface area is 144 Å². The summed E-state index contributed by atoms with van der Waals surface area (Å²) in [6.45, 7) is 4.05. The summed E-state index contributed by atoms with van der Waals surface area (Å²) in [6.07, 6.45) is 2.19. The Kier molecular flexibility index (Phi) is 4.61. The number of aromatic amines is 1. The number of ether oxygens (including phenoxy) is 2. The first-order valence-electron chi connectivity index (χ1n) is 7.97. The first-order valence-corrected chi connectivity index (χ1v) is 7.97. The van der Waals surface area contributed by atoms with Crippen LogP contribution in [0, 0.1) is 6.92 Å². The third-order valence-electron chi connectivity index (χ3n) is 3.95. The highest BCUT2D eigenvalue weighted by atomic mass is 16.5. The van der Waals surface area contributed by atoms with E-state index in [-0.39, 0.29) is 23.4 Å². The van der Waals surface area contributed by atoms with Crippen molar-refractivity contribution in [2.24, 2.45) is 0 Å². The molecule has 6 heteroatoms. The number of methoxy groups -OCH3 is 1. The Bertz CT molecular complexity index is 1030. The average molecular weight is 341 g/mol. The molecule has 1 N–H and O–H groups in total. The van der Waals surface area contributed by atoms with Crippen molar-refractivity contribution in [1.29, 1.82) is 0 Å². The lowest BCUT2D eigenvalue weighted by Gasteiger charge is -2.12. The molecule has 0 saturated carbocycles. The predicted octanol–water partition coefficient (Wildman–Crippen LogP) is 2.94. The van der Waals surface area contributed by atoms with Crippen molar-refractivity contribution in [1.82, 2.24) is 4.98 Å². The molecule has 0 fully saturated rings. The van der Waals surface area contributed by atoms with Gasteiger partial charge in [-0.25, -0.2) is 4.79 Å². The Morgan fingerprint density at radius 2 is 1.92 bits per heavy atom. The number of aryl methyl sites for hydroxylation is 2. The summed E-state index contributed by atoms with van der Waals surface area (Å²) in [5.41, 5.74) is 2.32. The Morgan fingerprint density at radius 3 is 2.60 bits per heavy atom. The topological polar surface area (TPSA) is 81.5 Å². The molecular weight excluding hydrogens is 322 g/mol. The molecule has 0 atom stereocenters. The van der Waals surface area contributed by atoms with Crippen LogP contribution in [0.3, 0.4) is 0 Å². The van der Waals surface area contributed by atoms with E-state index in [0.717, 1.165) is 16.5 Å². The van der Waals surface area contributed by atoms with Gasteiger partial charge in [-0.1, -0.05) is 6.92 Å². The third kappa shape index (κ3) is 3.42. The number of hydrogen-bond donors (Lipinski definition) is 1. The van der Waals surface area contributed by atoms with E-state index >= 15 is 0 Å². The Hall–Kier alpha value is -3.02. The highest BCUT2D eigenvalue weighted by Crippen LogP contribution is 2.30. The molecule has 0 amide bonds. The second-order valence-corrected chi connectivity index (χ2v) is 5.76. The number of aromatic nitrogens is 1. The molecule has 1 aromatic carbocycles. The van der Waals surface area contributed by atoms with Gasteiger partial charge in [-0.3, -0.25) is 4.79 Å². The van der Waals surface area contributed by atoms with Gasteiger partial charge in [0.05, 0.1) is 18.2 Å². The minimum Gasteiger partial charge on any atom is -0.491 e. The van der Waals surface area contributed by atoms with Crippen LogP contribution in [0.5, 0.6) is 11.5 Å². The summed E-state index contributed by atoms with van der Waals surface area (Å²) in [5, 5.41) is 0.781. The van der Waals surface area contributed by atoms with Crippen LogP contribution in [0.2, 0.25) is 0 Å². The maximum Gasteiger partial charge on any atom is 0.336 e. The van der Waals surface area contributed by atoms with Crippen molar-refractivity contribution in [2.75, 3.05) is 7.11 Å². The summed E-state index contributed by atoms with van der Waals surface area (Å²) in [6, 6.07) is 6.64. The van der Waals surface area contributed by atoms with Gasteiger partial charge in [-0.05, 0) is 36.6 Å². The average Bonchev–Trinajstić information content (AvgIpc) is 2.58. The minimum absolute atomic E-state index is 0.181. The lowest BCUT2D eigenvalue weighted by atomic mass is 10.1. The van der Waals surface area contributed by atoms with E-state index in [2.05, 4.69) is 4.98 Å². The molecule has 0 spiro atoms. The molecule has 2 aromatic heterocycles. The largest absolute Gasteiger partial charge is 0.491 e. The van der Waals surface area contributed by atoms with Gasteiger partial charge in [0, 0.05) is 18.3 Å². The second-order valence-electron chi connectivity index (χ2n) is 5.76. The minimum atomic E-state index is -0.375. The summed E-state index contributed by atoms with van der Waals surface area (Å²) < 4.78 is 16.2. The molecule has 2 heterocycles. The van der Waals surface area contributed by atoms with Gasteiger partial charge in [0.15, 0.2) is 5.75 Å². The highest BCUT2D eigenvalue weighted by molar-refractivity contribution is 5.87. The molecule has 0 saturated heterocycles. The van der Waals surface area contributed by atoms with Crippen LogP contribution in [0.25, 0.3) is 11.0 Å². The smallest absolute Gasteiger partial charge is 0.336 e. The molecule has 3 aromatic rings. The fourth-order valence-electron chi connectivity index (χ4n) is 2.76. The number of pyridine rings is 1. The molecule has 0 aliphatic rings. The molecule has 3 rings (SSSR count). The van der Waals surface area contributed by atoms with Crippen LogP contribution in [0.4, 0.5) is 0 Å². The lowest BCUT2D eigenvalue weighted by Crippen LogP contribution is -2.09. The number of hydrogen-bond acceptors (Lipinski definition) is 5. The second kappa shape index (κ2) is 6.84. The van der Waals surface area contributed by atoms with Gasteiger partial charge in [0.2, 0.25) is 5.43 Å².